The van der Waals surface area contributed by atoms with Crippen LogP contribution in [0.4, 0.5) is 5.69 Å². The lowest BCUT2D eigenvalue weighted by molar-refractivity contribution is 0.101. The van der Waals surface area contributed by atoms with Gasteiger partial charge in [0, 0.05) is 19.8 Å². The number of phenolic OH excluding ortho intramolecular Hbond substituents is 1. The number of ether oxygens (including phenoxy) is 1. The lowest BCUT2D eigenvalue weighted by atomic mass is 10.1. The average molecular weight is 281 g/mol. The summed E-state index contributed by atoms with van der Waals surface area (Å²) >= 11 is 0. The topological polar surface area (TPSA) is 49.8 Å². The number of aromatic hydroxyl groups is 1. The minimum atomic E-state index is -0.292. The first-order chi connectivity index (χ1) is 10.1. The molecule has 0 amide bonds. The molecule has 21 heavy (non-hydrogen) atoms. The first-order valence-corrected chi connectivity index (χ1v) is 6.60. The Morgan fingerprint density at radius 3 is 2.43 bits per heavy atom. The summed E-state index contributed by atoms with van der Waals surface area (Å²) in [5.74, 6) is 0.281. The van der Waals surface area contributed by atoms with Crippen molar-refractivity contribution in [2.45, 2.75) is 0 Å². The molecule has 0 saturated heterocycles. The summed E-state index contributed by atoms with van der Waals surface area (Å²) in [7, 11) is 3.94. The number of phenols is 1. The molecular formula is C17H15NO3. The fourth-order valence-electron chi connectivity index (χ4n) is 2.24. The van der Waals surface area contributed by atoms with Crippen LogP contribution in [-0.2, 0) is 0 Å². The molecule has 0 fully saturated rings. The second-order valence-corrected chi connectivity index (χ2v) is 5.08. The number of hydrogen-bond donors (Lipinski definition) is 1. The van der Waals surface area contributed by atoms with Gasteiger partial charge in [0.15, 0.2) is 5.76 Å². The Labute approximate surface area is 122 Å². The maximum Gasteiger partial charge on any atom is 0.235 e. The Morgan fingerprint density at radius 2 is 1.81 bits per heavy atom. The van der Waals surface area contributed by atoms with Gasteiger partial charge in [-0.25, -0.2) is 0 Å². The summed E-state index contributed by atoms with van der Waals surface area (Å²) in [5.41, 5.74) is 2.18. The number of carbonyl (C=O) groups is 1. The van der Waals surface area contributed by atoms with Gasteiger partial charge in [-0.1, -0.05) is 18.2 Å². The summed E-state index contributed by atoms with van der Waals surface area (Å²) in [4.78, 5) is 14.2. The van der Waals surface area contributed by atoms with Gasteiger partial charge < -0.3 is 14.7 Å². The fourth-order valence-corrected chi connectivity index (χ4v) is 2.24. The molecule has 0 atom stereocenters. The highest BCUT2D eigenvalue weighted by Gasteiger charge is 2.30. The predicted octanol–water partition coefficient (Wildman–Crippen LogP) is 3.07. The number of allylic oxidation sites excluding steroid dienone is 1. The lowest BCUT2D eigenvalue weighted by Gasteiger charge is -2.11. The zero-order valence-electron chi connectivity index (χ0n) is 11.8. The summed E-state index contributed by atoms with van der Waals surface area (Å²) in [6.07, 6.45) is 1.68. The molecule has 2 aromatic rings. The minimum Gasteiger partial charge on any atom is -0.507 e. The fraction of sp³-hybridized carbons (Fsp3) is 0.118. The number of fused-ring (bicyclic) bond motifs is 1. The van der Waals surface area contributed by atoms with Crippen LogP contribution in [0, 0.1) is 0 Å². The van der Waals surface area contributed by atoms with Gasteiger partial charge in [-0.15, -0.1) is 0 Å². The van der Waals surface area contributed by atoms with Gasteiger partial charge in [0.25, 0.3) is 0 Å². The van der Waals surface area contributed by atoms with Crippen molar-refractivity contribution in [2.75, 3.05) is 19.0 Å². The molecule has 0 saturated carbocycles. The van der Waals surface area contributed by atoms with Crippen molar-refractivity contribution >= 4 is 17.5 Å². The van der Waals surface area contributed by atoms with Gasteiger partial charge in [-0.05, 0) is 35.9 Å². The van der Waals surface area contributed by atoms with E-state index in [-0.39, 0.29) is 22.9 Å². The quantitative estimate of drug-likeness (QED) is 0.859. The number of anilines is 1. The Morgan fingerprint density at radius 1 is 1.10 bits per heavy atom. The first-order valence-electron chi connectivity index (χ1n) is 6.60. The van der Waals surface area contributed by atoms with E-state index in [1.807, 2.05) is 43.3 Å². The van der Waals surface area contributed by atoms with Crippen LogP contribution in [0.2, 0.25) is 0 Å². The molecule has 2 aromatic carbocycles. The Hall–Kier alpha value is -2.75. The van der Waals surface area contributed by atoms with Crippen molar-refractivity contribution < 1.29 is 14.6 Å². The molecule has 1 N–H and O–H groups in total. The molecule has 1 aliphatic rings. The van der Waals surface area contributed by atoms with Crippen molar-refractivity contribution in [1.82, 2.24) is 0 Å². The minimum absolute atomic E-state index is 0.0520. The Kier molecular flexibility index (Phi) is 3.14. The third-order valence-corrected chi connectivity index (χ3v) is 3.38. The van der Waals surface area contributed by atoms with Crippen LogP contribution in [0.3, 0.4) is 0 Å². The van der Waals surface area contributed by atoms with Gasteiger partial charge in [0.1, 0.15) is 17.1 Å². The Bertz CT molecular complexity index is 730. The summed E-state index contributed by atoms with van der Waals surface area (Å²) < 4.78 is 5.52. The van der Waals surface area contributed by atoms with Gasteiger partial charge in [-0.2, -0.15) is 0 Å². The Balaban J connectivity index is 1.92. The molecular weight excluding hydrogens is 266 g/mol. The molecule has 4 nitrogen and oxygen atoms in total. The number of nitrogens with zero attached hydrogens (tertiary/aromatic N) is 1. The van der Waals surface area contributed by atoms with Crippen LogP contribution in [-0.4, -0.2) is 25.0 Å². The third kappa shape index (κ3) is 2.36. The van der Waals surface area contributed by atoms with Crippen LogP contribution in [0.15, 0.2) is 48.2 Å². The van der Waals surface area contributed by atoms with E-state index in [1.54, 1.807) is 18.2 Å². The van der Waals surface area contributed by atoms with Gasteiger partial charge in [-0.3, -0.25) is 4.79 Å². The molecule has 4 heteroatoms. The van der Waals surface area contributed by atoms with E-state index in [9.17, 15) is 9.90 Å². The molecule has 3 rings (SSSR count). The molecule has 0 unspecified atom stereocenters. The number of rotatable bonds is 2. The van der Waals surface area contributed by atoms with E-state index in [0.29, 0.717) is 5.75 Å². The molecule has 0 aliphatic carbocycles. The summed E-state index contributed by atoms with van der Waals surface area (Å²) in [6, 6.07) is 12.6. The number of benzene rings is 2. The standard InChI is InChI=1S/C17H15NO3/c1-18(2)12-8-6-11(7-9-12)10-15-17(20)16-13(19)4-3-5-14(16)21-15/h3-10,19H,1-2H3/b15-10+. The van der Waals surface area contributed by atoms with E-state index in [2.05, 4.69) is 0 Å². The second kappa shape index (κ2) is 4.98. The van der Waals surface area contributed by atoms with Crippen LogP contribution >= 0.6 is 0 Å². The van der Waals surface area contributed by atoms with Crippen LogP contribution in [0.1, 0.15) is 15.9 Å². The predicted molar refractivity (Wildman–Crippen MR) is 81.8 cm³/mol. The highest BCUT2D eigenvalue weighted by Crippen LogP contribution is 2.37. The zero-order valence-corrected chi connectivity index (χ0v) is 11.8. The first kappa shape index (κ1) is 13.2. The molecule has 106 valence electrons. The number of hydrogen-bond acceptors (Lipinski definition) is 4. The second-order valence-electron chi connectivity index (χ2n) is 5.08. The van der Waals surface area contributed by atoms with E-state index in [4.69, 9.17) is 4.74 Å². The highest BCUT2D eigenvalue weighted by molar-refractivity contribution is 6.16. The normalized spacial score (nSPS) is 15.0. The average Bonchev–Trinajstić information content (AvgIpc) is 2.77. The van der Waals surface area contributed by atoms with Gasteiger partial charge in [0.05, 0.1) is 0 Å². The molecule has 0 bridgehead atoms. The van der Waals surface area contributed by atoms with E-state index in [1.165, 1.54) is 6.07 Å². The summed E-state index contributed by atoms with van der Waals surface area (Å²) in [5, 5.41) is 9.75. The molecule has 0 aromatic heterocycles. The molecule has 1 aliphatic heterocycles. The molecule has 0 spiro atoms. The molecule has 1 heterocycles. The molecule has 0 radical (unpaired) electrons. The van der Waals surface area contributed by atoms with Crippen LogP contribution < -0.4 is 9.64 Å². The van der Waals surface area contributed by atoms with Crippen molar-refractivity contribution in [2.24, 2.45) is 0 Å². The van der Waals surface area contributed by atoms with Crippen molar-refractivity contribution in [3.05, 3.63) is 59.4 Å². The van der Waals surface area contributed by atoms with Crippen molar-refractivity contribution in [3.8, 4) is 11.5 Å². The maximum atomic E-state index is 12.2. The van der Waals surface area contributed by atoms with E-state index >= 15 is 0 Å². The monoisotopic (exact) mass is 281 g/mol. The largest absolute Gasteiger partial charge is 0.507 e. The van der Waals surface area contributed by atoms with Crippen molar-refractivity contribution in [3.63, 3.8) is 0 Å². The number of carbonyl (C=O) groups excluding carboxylic acids is 1. The van der Waals surface area contributed by atoms with Gasteiger partial charge in [0.2, 0.25) is 5.78 Å². The van der Waals surface area contributed by atoms with Crippen LogP contribution in [0.5, 0.6) is 11.5 Å². The number of Topliss-reactive ketones (excluding diaryl/α,β-unsaturated/α-hetero) is 1. The third-order valence-electron chi connectivity index (χ3n) is 3.38. The zero-order chi connectivity index (χ0) is 15.0. The van der Waals surface area contributed by atoms with Gasteiger partial charge >= 0.3 is 0 Å². The van der Waals surface area contributed by atoms with E-state index in [0.717, 1.165) is 11.3 Å². The van der Waals surface area contributed by atoms with Crippen LogP contribution in [0.25, 0.3) is 6.08 Å². The smallest absolute Gasteiger partial charge is 0.235 e. The highest BCUT2D eigenvalue weighted by atomic mass is 16.5. The SMILES string of the molecule is CN(C)c1ccc(/C=C2/Oc3cccc(O)c3C2=O)cc1. The summed E-state index contributed by atoms with van der Waals surface area (Å²) in [6.45, 7) is 0. The lowest BCUT2D eigenvalue weighted by Crippen LogP contribution is -2.08. The maximum absolute atomic E-state index is 12.2. The van der Waals surface area contributed by atoms with Crippen molar-refractivity contribution in [1.29, 1.82) is 0 Å². The van der Waals surface area contributed by atoms with E-state index < -0.39 is 0 Å². The number of ketones is 1.